The van der Waals surface area contributed by atoms with Crippen molar-refractivity contribution < 1.29 is 13.4 Å². The molecular formula is C21H22ClFN4O2S2. The molecule has 1 saturated heterocycles. The Morgan fingerprint density at radius 1 is 1.35 bits per heavy atom. The van der Waals surface area contributed by atoms with Crippen molar-refractivity contribution in [2.24, 2.45) is 0 Å². The zero-order valence-electron chi connectivity index (χ0n) is 16.9. The van der Waals surface area contributed by atoms with Crippen LogP contribution in [0.4, 0.5) is 10.1 Å². The lowest BCUT2D eigenvalue weighted by atomic mass is 10.1. The predicted molar refractivity (Wildman–Crippen MR) is 125 cm³/mol. The number of nitrogens with one attached hydrogen (secondary N) is 2. The van der Waals surface area contributed by atoms with Crippen molar-refractivity contribution in [3.05, 3.63) is 70.6 Å². The van der Waals surface area contributed by atoms with Crippen LogP contribution < -0.4 is 10.0 Å². The fourth-order valence-corrected chi connectivity index (χ4v) is 5.27. The second-order valence-electron chi connectivity index (χ2n) is 6.73. The number of rotatable bonds is 4. The number of aldehydes is 1. The van der Waals surface area contributed by atoms with Crippen LogP contribution in [0.1, 0.15) is 17.3 Å². The molecule has 0 radical (unpaired) electrons. The average Bonchev–Trinajstić information content (AvgIpc) is 3.29. The number of carbonyl (C=O) groups excluding carboxylic acids is 1. The Bertz CT molecular complexity index is 1050. The van der Waals surface area contributed by atoms with E-state index in [9.17, 15) is 13.4 Å². The Balaban J connectivity index is 0.000000229. The minimum Gasteiger partial charge on any atom is -0.388 e. The molecule has 31 heavy (non-hydrogen) atoms. The van der Waals surface area contributed by atoms with Crippen molar-refractivity contribution in [3.8, 4) is 10.4 Å². The van der Waals surface area contributed by atoms with Crippen LogP contribution in [-0.2, 0) is 16.0 Å². The van der Waals surface area contributed by atoms with Crippen LogP contribution in [0.3, 0.4) is 0 Å². The van der Waals surface area contributed by atoms with Gasteiger partial charge in [-0.15, -0.1) is 11.3 Å². The standard InChI is InChI=1S/C14H15N3O2S2.C7H7ClFN/c1-17-11(9-18)7-12(16-21(17)19)14-5-4-13(20-14)10-3-2-6-15-8-10;1-10-5-2-3-7(9)6(8)4-5/h2-6,8-9,11-12,16H,7H2,1H3;2-4,10H,1H3. The Morgan fingerprint density at radius 3 is 2.81 bits per heavy atom. The van der Waals surface area contributed by atoms with Gasteiger partial charge in [0, 0.05) is 47.5 Å². The summed E-state index contributed by atoms with van der Waals surface area (Å²) in [7, 11) is 3.44. The molecule has 1 aliphatic rings. The monoisotopic (exact) mass is 480 g/mol. The van der Waals surface area contributed by atoms with E-state index in [0.717, 1.165) is 27.3 Å². The molecule has 0 spiro atoms. The number of thiophene rings is 1. The van der Waals surface area contributed by atoms with Crippen LogP contribution >= 0.6 is 22.9 Å². The van der Waals surface area contributed by atoms with Crippen molar-refractivity contribution in [2.45, 2.75) is 18.5 Å². The topological polar surface area (TPSA) is 74.3 Å². The molecule has 0 amide bonds. The van der Waals surface area contributed by atoms with E-state index < -0.39 is 11.2 Å². The van der Waals surface area contributed by atoms with E-state index in [4.69, 9.17) is 11.6 Å². The Morgan fingerprint density at radius 2 is 2.16 bits per heavy atom. The summed E-state index contributed by atoms with van der Waals surface area (Å²) in [6.07, 6.45) is 5.05. The van der Waals surface area contributed by atoms with Gasteiger partial charge in [-0.3, -0.25) is 4.98 Å². The molecule has 2 N–H and O–H groups in total. The van der Waals surface area contributed by atoms with Crippen LogP contribution in [0, 0.1) is 5.82 Å². The van der Waals surface area contributed by atoms with Gasteiger partial charge in [0.25, 0.3) is 0 Å². The quantitative estimate of drug-likeness (QED) is 0.541. The number of hydrogen-bond acceptors (Lipinski definition) is 5. The molecule has 1 fully saturated rings. The molecule has 164 valence electrons. The molecule has 6 nitrogen and oxygen atoms in total. The maximum Gasteiger partial charge on any atom is 0.170 e. The first kappa shape index (κ1) is 23.5. The van der Waals surface area contributed by atoms with Gasteiger partial charge in [-0.2, -0.15) is 0 Å². The van der Waals surface area contributed by atoms with Crippen LogP contribution in [0.2, 0.25) is 5.02 Å². The van der Waals surface area contributed by atoms with Gasteiger partial charge in [-0.1, -0.05) is 17.7 Å². The van der Waals surface area contributed by atoms with Crippen molar-refractivity contribution in [3.63, 3.8) is 0 Å². The zero-order chi connectivity index (χ0) is 22.4. The highest BCUT2D eigenvalue weighted by molar-refractivity contribution is 7.80. The van der Waals surface area contributed by atoms with Crippen molar-refractivity contribution in [1.29, 1.82) is 0 Å². The molecule has 2 aromatic heterocycles. The molecule has 0 bridgehead atoms. The zero-order valence-corrected chi connectivity index (χ0v) is 19.3. The molecule has 3 heterocycles. The van der Waals surface area contributed by atoms with Crippen molar-refractivity contribution in [2.75, 3.05) is 19.4 Å². The normalized spacial score (nSPS) is 21.1. The summed E-state index contributed by atoms with van der Waals surface area (Å²) in [5, 5.41) is 2.99. The number of hydrogen-bond donors (Lipinski definition) is 2. The SMILES string of the molecule is CN1C(C=O)CC(c2ccc(-c3cccnc3)s2)NS1=O.CNc1ccc(F)c(Cl)c1. The van der Waals surface area contributed by atoms with Crippen LogP contribution in [-0.4, -0.2) is 39.9 Å². The van der Waals surface area contributed by atoms with E-state index in [1.165, 1.54) is 12.1 Å². The summed E-state index contributed by atoms with van der Waals surface area (Å²) < 4.78 is 29.1. The molecule has 0 aliphatic carbocycles. The molecular weight excluding hydrogens is 459 g/mol. The fourth-order valence-electron chi connectivity index (χ4n) is 2.94. The van der Waals surface area contributed by atoms with Crippen LogP contribution in [0.5, 0.6) is 0 Å². The number of anilines is 1. The maximum absolute atomic E-state index is 12.5. The van der Waals surface area contributed by atoms with Gasteiger partial charge in [0.15, 0.2) is 11.2 Å². The summed E-state index contributed by atoms with van der Waals surface area (Å²) in [5.74, 6) is -0.388. The van der Waals surface area contributed by atoms with Crippen molar-refractivity contribution >= 4 is 46.1 Å². The molecule has 3 unspecified atom stereocenters. The maximum atomic E-state index is 12.5. The number of likely N-dealkylation sites (N-methyl/N-ethyl adjacent to an activating group) is 1. The summed E-state index contributed by atoms with van der Waals surface area (Å²) in [6.45, 7) is 0. The second kappa shape index (κ2) is 10.9. The molecule has 3 atom stereocenters. The highest BCUT2D eigenvalue weighted by atomic mass is 35.5. The van der Waals surface area contributed by atoms with Gasteiger partial charge in [0.05, 0.1) is 17.1 Å². The third kappa shape index (κ3) is 5.96. The number of carbonyl (C=O) groups is 1. The Labute approximate surface area is 192 Å². The number of pyridine rings is 1. The van der Waals surface area contributed by atoms with E-state index >= 15 is 0 Å². The summed E-state index contributed by atoms with van der Waals surface area (Å²) in [5.41, 5.74) is 1.88. The van der Waals surface area contributed by atoms with Gasteiger partial charge in [-0.25, -0.2) is 17.6 Å². The third-order valence-electron chi connectivity index (χ3n) is 4.73. The van der Waals surface area contributed by atoms with Crippen molar-refractivity contribution in [1.82, 2.24) is 14.0 Å². The number of aromatic nitrogens is 1. The molecule has 1 aliphatic heterocycles. The first-order valence-corrected chi connectivity index (χ1v) is 11.7. The number of benzene rings is 1. The number of halogens is 2. The average molecular weight is 481 g/mol. The van der Waals surface area contributed by atoms with Crippen LogP contribution in [0.25, 0.3) is 10.4 Å². The van der Waals surface area contributed by atoms with E-state index in [2.05, 4.69) is 15.0 Å². The third-order valence-corrected chi connectivity index (χ3v) is 7.55. The highest BCUT2D eigenvalue weighted by Crippen LogP contribution is 2.34. The predicted octanol–water partition coefficient (Wildman–Crippen LogP) is 4.44. The molecule has 1 aromatic carbocycles. The molecule has 10 heteroatoms. The lowest BCUT2D eigenvalue weighted by Gasteiger charge is -2.32. The Hall–Kier alpha value is -2.17. The minimum atomic E-state index is -1.33. The first-order valence-electron chi connectivity index (χ1n) is 9.42. The smallest absolute Gasteiger partial charge is 0.170 e. The first-order chi connectivity index (χ1) is 14.9. The van der Waals surface area contributed by atoms with Gasteiger partial charge in [0.2, 0.25) is 0 Å². The molecule has 4 rings (SSSR count). The van der Waals surface area contributed by atoms with Crippen LogP contribution in [0.15, 0.2) is 54.9 Å². The fraction of sp³-hybridized carbons (Fsp3) is 0.238. The molecule has 3 aromatic rings. The lowest BCUT2D eigenvalue weighted by molar-refractivity contribution is -0.111. The van der Waals surface area contributed by atoms with Gasteiger partial charge >= 0.3 is 0 Å². The van der Waals surface area contributed by atoms with E-state index in [0.29, 0.717) is 6.42 Å². The van der Waals surface area contributed by atoms with E-state index in [1.54, 1.807) is 42.0 Å². The Kier molecular flexibility index (Phi) is 8.28. The van der Waals surface area contributed by atoms with Gasteiger partial charge in [0.1, 0.15) is 12.1 Å². The second-order valence-corrected chi connectivity index (χ2v) is 9.56. The van der Waals surface area contributed by atoms with E-state index in [-0.39, 0.29) is 22.9 Å². The highest BCUT2D eigenvalue weighted by Gasteiger charge is 2.32. The number of nitrogens with zero attached hydrogens (tertiary/aromatic N) is 2. The van der Waals surface area contributed by atoms with Gasteiger partial charge < -0.3 is 10.1 Å². The molecule has 0 saturated carbocycles. The summed E-state index contributed by atoms with van der Waals surface area (Å²) in [4.78, 5) is 17.4. The summed E-state index contributed by atoms with van der Waals surface area (Å²) >= 11 is 5.78. The summed E-state index contributed by atoms with van der Waals surface area (Å²) in [6, 6.07) is 12.1. The largest absolute Gasteiger partial charge is 0.388 e. The van der Waals surface area contributed by atoms with Gasteiger partial charge in [-0.05, 0) is 42.8 Å². The lowest BCUT2D eigenvalue weighted by Crippen LogP contribution is -2.48. The minimum absolute atomic E-state index is 0.0624. The van der Waals surface area contributed by atoms with E-state index in [1.807, 2.05) is 30.5 Å².